The predicted octanol–water partition coefficient (Wildman–Crippen LogP) is 3.00. The molecule has 0 aromatic heterocycles. The molecule has 1 aromatic carbocycles. The largest absolute Gasteiger partial charge is 0.481 e. The Kier molecular flexibility index (Phi) is 3.38. The lowest BCUT2D eigenvalue weighted by atomic mass is 9.90. The van der Waals surface area contributed by atoms with Gasteiger partial charge in [-0.2, -0.15) is 0 Å². The van der Waals surface area contributed by atoms with Crippen molar-refractivity contribution in [3.05, 3.63) is 35.9 Å². The highest BCUT2D eigenvalue weighted by atomic mass is 16.5. The standard InChI is InChI=1S/C13H17NO/c1-2-11(8-13-9-15-10-14-13)12-6-4-3-5-7-12/h3-7,10-11,13H,2,8-9H2,1H3. The van der Waals surface area contributed by atoms with E-state index in [1.165, 1.54) is 5.56 Å². The molecule has 2 atom stereocenters. The van der Waals surface area contributed by atoms with Gasteiger partial charge in [0, 0.05) is 0 Å². The molecule has 0 radical (unpaired) electrons. The highest BCUT2D eigenvalue weighted by Gasteiger charge is 2.18. The molecule has 0 aliphatic carbocycles. The Morgan fingerprint density at radius 2 is 2.20 bits per heavy atom. The molecular weight excluding hydrogens is 186 g/mol. The van der Waals surface area contributed by atoms with Crippen molar-refractivity contribution in [1.82, 2.24) is 0 Å². The second-order valence-corrected chi connectivity index (χ2v) is 3.99. The van der Waals surface area contributed by atoms with Gasteiger partial charge in [0.15, 0.2) is 6.40 Å². The summed E-state index contributed by atoms with van der Waals surface area (Å²) in [6.07, 6.45) is 3.84. The zero-order chi connectivity index (χ0) is 10.5. The fraction of sp³-hybridized carbons (Fsp3) is 0.462. The third kappa shape index (κ3) is 2.58. The number of ether oxygens (including phenoxy) is 1. The van der Waals surface area contributed by atoms with Gasteiger partial charge in [-0.1, -0.05) is 37.3 Å². The van der Waals surface area contributed by atoms with Crippen LogP contribution in [-0.2, 0) is 4.74 Å². The summed E-state index contributed by atoms with van der Waals surface area (Å²) in [6.45, 7) is 2.99. The number of rotatable bonds is 4. The highest BCUT2D eigenvalue weighted by molar-refractivity contribution is 5.49. The van der Waals surface area contributed by atoms with E-state index in [4.69, 9.17) is 4.74 Å². The third-order valence-electron chi connectivity index (χ3n) is 2.96. The molecule has 0 N–H and O–H groups in total. The quantitative estimate of drug-likeness (QED) is 0.737. The van der Waals surface area contributed by atoms with Crippen molar-refractivity contribution in [2.24, 2.45) is 4.99 Å². The van der Waals surface area contributed by atoms with Gasteiger partial charge >= 0.3 is 0 Å². The topological polar surface area (TPSA) is 21.6 Å². The first-order valence-corrected chi connectivity index (χ1v) is 5.58. The summed E-state index contributed by atoms with van der Waals surface area (Å²) in [5.41, 5.74) is 1.42. The van der Waals surface area contributed by atoms with Crippen molar-refractivity contribution < 1.29 is 4.74 Å². The van der Waals surface area contributed by atoms with Crippen LogP contribution in [0.4, 0.5) is 0 Å². The summed E-state index contributed by atoms with van der Waals surface area (Å²) < 4.78 is 5.15. The van der Waals surface area contributed by atoms with Crippen LogP contribution in [0, 0.1) is 0 Å². The van der Waals surface area contributed by atoms with Gasteiger partial charge in [-0.15, -0.1) is 0 Å². The highest BCUT2D eigenvalue weighted by Crippen LogP contribution is 2.26. The Hall–Kier alpha value is -1.31. The lowest BCUT2D eigenvalue weighted by Crippen LogP contribution is -2.11. The summed E-state index contributed by atoms with van der Waals surface area (Å²) in [5.74, 6) is 0.607. The number of hydrogen-bond donors (Lipinski definition) is 0. The Morgan fingerprint density at radius 1 is 1.40 bits per heavy atom. The van der Waals surface area contributed by atoms with E-state index in [1.54, 1.807) is 6.40 Å². The summed E-state index contributed by atoms with van der Waals surface area (Å²) in [7, 11) is 0. The first kappa shape index (κ1) is 10.2. The van der Waals surface area contributed by atoms with E-state index in [-0.39, 0.29) is 0 Å². The number of aliphatic imine (C=N–C) groups is 1. The third-order valence-corrected chi connectivity index (χ3v) is 2.96. The van der Waals surface area contributed by atoms with E-state index < -0.39 is 0 Å². The summed E-state index contributed by atoms with van der Waals surface area (Å²) in [5, 5.41) is 0. The van der Waals surface area contributed by atoms with Crippen LogP contribution in [0.1, 0.15) is 31.2 Å². The fourth-order valence-corrected chi connectivity index (χ4v) is 2.05. The van der Waals surface area contributed by atoms with Gasteiger partial charge in [0.05, 0.1) is 6.04 Å². The molecule has 2 heteroatoms. The predicted molar refractivity (Wildman–Crippen MR) is 62.3 cm³/mol. The van der Waals surface area contributed by atoms with Crippen LogP contribution >= 0.6 is 0 Å². The smallest absolute Gasteiger partial charge is 0.169 e. The molecule has 1 heterocycles. The monoisotopic (exact) mass is 203 g/mol. The Morgan fingerprint density at radius 3 is 2.80 bits per heavy atom. The molecule has 0 spiro atoms. The van der Waals surface area contributed by atoms with Crippen molar-refractivity contribution in [3.8, 4) is 0 Å². The van der Waals surface area contributed by atoms with Crippen molar-refractivity contribution >= 4 is 6.40 Å². The number of benzene rings is 1. The summed E-state index contributed by atoms with van der Waals surface area (Å²) >= 11 is 0. The molecule has 0 bridgehead atoms. The Bertz CT molecular complexity index is 321. The van der Waals surface area contributed by atoms with Crippen LogP contribution in [0.15, 0.2) is 35.3 Å². The van der Waals surface area contributed by atoms with E-state index in [2.05, 4.69) is 42.2 Å². The lowest BCUT2D eigenvalue weighted by Gasteiger charge is -2.17. The Balaban J connectivity index is 2.01. The van der Waals surface area contributed by atoms with E-state index in [0.29, 0.717) is 12.0 Å². The maximum atomic E-state index is 5.15. The van der Waals surface area contributed by atoms with Crippen molar-refractivity contribution in [2.75, 3.05) is 6.61 Å². The minimum atomic E-state index is 0.357. The fourth-order valence-electron chi connectivity index (χ4n) is 2.05. The van der Waals surface area contributed by atoms with Gasteiger partial charge < -0.3 is 4.74 Å². The second kappa shape index (κ2) is 4.96. The van der Waals surface area contributed by atoms with Gasteiger partial charge in [0.2, 0.25) is 0 Å². The molecular formula is C13H17NO. The SMILES string of the molecule is CCC(CC1COC=N1)c1ccccc1. The minimum Gasteiger partial charge on any atom is -0.481 e. The maximum Gasteiger partial charge on any atom is 0.169 e. The number of hydrogen-bond acceptors (Lipinski definition) is 2. The molecule has 1 aliphatic rings. The van der Waals surface area contributed by atoms with Crippen molar-refractivity contribution in [2.45, 2.75) is 31.7 Å². The molecule has 0 saturated carbocycles. The van der Waals surface area contributed by atoms with Crippen LogP contribution in [-0.4, -0.2) is 19.0 Å². The second-order valence-electron chi connectivity index (χ2n) is 3.99. The summed E-state index contributed by atoms with van der Waals surface area (Å²) in [6, 6.07) is 11.0. The van der Waals surface area contributed by atoms with Gasteiger partial charge in [-0.3, -0.25) is 4.99 Å². The summed E-state index contributed by atoms with van der Waals surface area (Å²) in [4.78, 5) is 4.30. The maximum absolute atomic E-state index is 5.15. The van der Waals surface area contributed by atoms with Gasteiger partial charge in [-0.05, 0) is 24.3 Å². The van der Waals surface area contributed by atoms with Gasteiger partial charge in [0.1, 0.15) is 6.61 Å². The lowest BCUT2D eigenvalue weighted by molar-refractivity contribution is 0.314. The molecule has 2 rings (SSSR count). The van der Waals surface area contributed by atoms with E-state index in [1.807, 2.05) is 0 Å². The van der Waals surface area contributed by atoms with Crippen LogP contribution in [0.2, 0.25) is 0 Å². The van der Waals surface area contributed by atoms with Crippen molar-refractivity contribution in [3.63, 3.8) is 0 Å². The molecule has 80 valence electrons. The molecule has 2 nitrogen and oxygen atoms in total. The van der Waals surface area contributed by atoms with E-state index in [9.17, 15) is 0 Å². The Labute approximate surface area is 91.0 Å². The van der Waals surface area contributed by atoms with Gasteiger partial charge in [0.25, 0.3) is 0 Å². The van der Waals surface area contributed by atoms with Crippen LogP contribution in [0.3, 0.4) is 0 Å². The van der Waals surface area contributed by atoms with Crippen LogP contribution in [0.5, 0.6) is 0 Å². The van der Waals surface area contributed by atoms with E-state index in [0.717, 1.165) is 19.4 Å². The molecule has 0 fully saturated rings. The molecule has 0 saturated heterocycles. The number of nitrogens with zero attached hydrogens (tertiary/aromatic N) is 1. The molecule has 15 heavy (non-hydrogen) atoms. The zero-order valence-electron chi connectivity index (χ0n) is 9.10. The van der Waals surface area contributed by atoms with E-state index >= 15 is 0 Å². The van der Waals surface area contributed by atoms with Crippen molar-refractivity contribution in [1.29, 1.82) is 0 Å². The van der Waals surface area contributed by atoms with Crippen LogP contribution in [0.25, 0.3) is 0 Å². The molecule has 1 aromatic rings. The van der Waals surface area contributed by atoms with Gasteiger partial charge in [-0.25, -0.2) is 0 Å². The molecule has 2 unspecified atom stereocenters. The molecule has 1 aliphatic heterocycles. The first-order valence-electron chi connectivity index (χ1n) is 5.58. The normalized spacial score (nSPS) is 21.3. The average Bonchev–Trinajstić information content (AvgIpc) is 2.80. The first-order chi connectivity index (χ1) is 7.40. The molecule has 0 amide bonds. The van der Waals surface area contributed by atoms with Crippen LogP contribution < -0.4 is 0 Å². The zero-order valence-corrected chi connectivity index (χ0v) is 9.10. The average molecular weight is 203 g/mol. The minimum absolute atomic E-state index is 0.357.